The second-order valence-corrected chi connectivity index (χ2v) is 5.21. The first-order chi connectivity index (χ1) is 7.14. The summed E-state index contributed by atoms with van der Waals surface area (Å²) in [5, 5.41) is 15.4. The van der Waals surface area contributed by atoms with E-state index in [1.165, 1.54) is 4.88 Å². The molecule has 15 heavy (non-hydrogen) atoms. The molecule has 1 aromatic heterocycles. The summed E-state index contributed by atoms with van der Waals surface area (Å²) >= 11 is 1.77. The zero-order chi connectivity index (χ0) is 11.1. The van der Waals surface area contributed by atoms with Crippen LogP contribution in [-0.4, -0.2) is 23.8 Å². The molecule has 0 aliphatic heterocycles. The molecule has 0 aliphatic carbocycles. The van der Waals surface area contributed by atoms with E-state index in [2.05, 4.69) is 29.8 Å². The molecule has 1 unspecified atom stereocenters. The SMILES string of the molecule is CCNCCC(C)(O)CCc1cccs1. The van der Waals surface area contributed by atoms with E-state index >= 15 is 0 Å². The van der Waals surface area contributed by atoms with Crippen LogP contribution in [0, 0.1) is 0 Å². The molecule has 0 amide bonds. The fourth-order valence-electron chi connectivity index (χ4n) is 1.51. The second kappa shape index (κ2) is 6.26. The summed E-state index contributed by atoms with van der Waals surface area (Å²) in [6.07, 6.45) is 2.65. The van der Waals surface area contributed by atoms with Crippen LogP contribution in [0.3, 0.4) is 0 Å². The van der Waals surface area contributed by atoms with Gasteiger partial charge in [0.15, 0.2) is 0 Å². The molecular formula is C12H21NOS. The first-order valence-electron chi connectivity index (χ1n) is 5.59. The van der Waals surface area contributed by atoms with Gasteiger partial charge in [0.05, 0.1) is 5.60 Å². The van der Waals surface area contributed by atoms with Crippen LogP contribution >= 0.6 is 11.3 Å². The number of nitrogens with one attached hydrogen (secondary N) is 1. The molecule has 1 aromatic rings. The Morgan fingerprint density at radius 3 is 2.87 bits per heavy atom. The summed E-state index contributed by atoms with van der Waals surface area (Å²) in [4.78, 5) is 1.36. The fraction of sp³-hybridized carbons (Fsp3) is 0.667. The molecule has 0 spiro atoms. The van der Waals surface area contributed by atoms with Crippen LogP contribution in [0.5, 0.6) is 0 Å². The topological polar surface area (TPSA) is 32.3 Å². The molecule has 0 bridgehead atoms. The van der Waals surface area contributed by atoms with Crippen LogP contribution in [0.15, 0.2) is 17.5 Å². The highest BCUT2D eigenvalue weighted by Crippen LogP contribution is 2.19. The van der Waals surface area contributed by atoms with Gasteiger partial charge < -0.3 is 10.4 Å². The smallest absolute Gasteiger partial charge is 0.0635 e. The van der Waals surface area contributed by atoms with Crippen molar-refractivity contribution in [3.05, 3.63) is 22.4 Å². The number of hydrogen-bond acceptors (Lipinski definition) is 3. The van der Waals surface area contributed by atoms with Crippen molar-refractivity contribution >= 4 is 11.3 Å². The van der Waals surface area contributed by atoms with E-state index in [0.717, 1.165) is 32.4 Å². The molecule has 0 radical (unpaired) electrons. The van der Waals surface area contributed by atoms with Crippen LogP contribution < -0.4 is 5.32 Å². The Bertz CT molecular complexity index is 257. The normalized spacial score (nSPS) is 15.1. The van der Waals surface area contributed by atoms with E-state index < -0.39 is 5.60 Å². The van der Waals surface area contributed by atoms with Gasteiger partial charge in [-0.1, -0.05) is 13.0 Å². The van der Waals surface area contributed by atoms with Crippen LogP contribution in [0.25, 0.3) is 0 Å². The molecule has 2 N–H and O–H groups in total. The number of thiophene rings is 1. The summed E-state index contributed by atoms with van der Waals surface area (Å²) in [6, 6.07) is 4.19. The quantitative estimate of drug-likeness (QED) is 0.701. The lowest BCUT2D eigenvalue weighted by Gasteiger charge is -2.23. The third kappa shape index (κ3) is 5.30. The first kappa shape index (κ1) is 12.7. The average molecular weight is 227 g/mol. The van der Waals surface area contributed by atoms with Gasteiger partial charge in [0.25, 0.3) is 0 Å². The molecule has 0 fully saturated rings. The minimum Gasteiger partial charge on any atom is -0.390 e. The van der Waals surface area contributed by atoms with E-state index in [-0.39, 0.29) is 0 Å². The average Bonchev–Trinajstić information content (AvgIpc) is 2.68. The molecule has 1 rings (SSSR count). The van der Waals surface area contributed by atoms with Crippen LogP contribution in [0.2, 0.25) is 0 Å². The number of hydrogen-bond donors (Lipinski definition) is 2. The molecule has 86 valence electrons. The van der Waals surface area contributed by atoms with Gasteiger partial charge in [-0.05, 0) is 50.7 Å². The van der Waals surface area contributed by atoms with Crippen molar-refractivity contribution in [3.63, 3.8) is 0 Å². The fourth-order valence-corrected chi connectivity index (χ4v) is 2.22. The maximum atomic E-state index is 10.1. The van der Waals surface area contributed by atoms with Gasteiger partial charge in [0, 0.05) is 4.88 Å². The lowest BCUT2D eigenvalue weighted by Crippen LogP contribution is -2.30. The molecule has 0 aliphatic rings. The number of rotatable bonds is 7. The Kier molecular flexibility index (Phi) is 5.29. The van der Waals surface area contributed by atoms with Gasteiger partial charge in [0.2, 0.25) is 0 Å². The predicted molar refractivity (Wildman–Crippen MR) is 66.4 cm³/mol. The maximum absolute atomic E-state index is 10.1. The molecule has 2 nitrogen and oxygen atoms in total. The van der Waals surface area contributed by atoms with E-state index in [0.29, 0.717) is 0 Å². The lowest BCUT2D eigenvalue weighted by atomic mass is 9.96. The van der Waals surface area contributed by atoms with Gasteiger partial charge >= 0.3 is 0 Å². The molecule has 3 heteroatoms. The number of aliphatic hydroxyl groups is 1. The van der Waals surface area contributed by atoms with Crippen molar-refractivity contribution in [2.24, 2.45) is 0 Å². The lowest BCUT2D eigenvalue weighted by molar-refractivity contribution is 0.0429. The van der Waals surface area contributed by atoms with Gasteiger partial charge in [-0.15, -0.1) is 11.3 Å². The van der Waals surface area contributed by atoms with Crippen molar-refractivity contribution in [3.8, 4) is 0 Å². The van der Waals surface area contributed by atoms with Crippen LogP contribution in [0.1, 0.15) is 31.6 Å². The Hall–Kier alpha value is -0.380. The van der Waals surface area contributed by atoms with E-state index in [4.69, 9.17) is 0 Å². The van der Waals surface area contributed by atoms with Crippen LogP contribution in [0.4, 0.5) is 0 Å². The zero-order valence-corrected chi connectivity index (χ0v) is 10.4. The maximum Gasteiger partial charge on any atom is 0.0635 e. The van der Waals surface area contributed by atoms with Gasteiger partial charge in [-0.3, -0.25) is 0 Å². The number of aryl methyl sites for hydroxylation is 1. The molecule has 1 atom stereocenters. The Morgan fingerprint density at radius 1 is 1.47 bits per heavy atom. The Morgan fingerprint density at radius 2 is 2.27 bits per heavy atom. The van der Waals surface area contributed by atoms with E-state index in [1.807, 2.05) is 6.92 Å². The molecule has 0 saturated heterocycles. The van der Waals surface area contributed by atoms with Crippen molar-refractivity contribution in [1.82, 2.24) is 5.32 Å². The van der Waals surface area contributed by atoms with Crippen molar-refractivity contribution in [2.45, 2.75) is 38.7 Å². The monoisotopic (exact) mass is 227 g/mol. The first-order valence-corrected chi connectivity index (χ1v) is 6.47. The van der Waals surface area contributed by atoms with E-state index in [9.17, 15) is 5.11 Å². The highest BCUT2D eigenvalue weighted by atomic mass is 32.1. The standard InChI is InChI=1S/C12H21NOS/c1-3-13-9-8-12(2,14)7-6-11-5-4-10-15-11/h4-5,10,13-14H,3,6-9H2,1-2H3. The summed E-state index contributed by atoms with van der Waals surface area (Å²) in [6.45, 7) is 5.88. The minimum atomic E-state index is -0.536. The zero-order valence-electron chi connectivity index (χ0n) is 9.62. The second-order valence-electron chi connectivity index (χ2n) is 4.18. The van der Waals surface area contributed by atoms with Gasteiger partial charge in [-0.2, -0.15) is 0 Å². The van der Waals surface area contributed by atoms with Crippen LogP contribution in [-0.2, 0) is 6.42 Å². The van der Waals surface area contributed by atoms with E-state index in [1.54, 1.807) is 11.3 Å². The Balaban J connectivity index is 2.23. The van der Waals surface area contributed by atoms with Gasteiger partial charge in [0.1, 0.15) is 0 Å². The molecule has 0 aromatic carbocycles. The van der Waals surface area contributed by atoms with Crippen molar-refractivity contribution in [1.29, 1.82) is 0 Å². The summed E-state index contributed by atoms with van der Waals surface area (Å²) in [7, 11) is 0. The summed E-state index contributed by atoms with van der Waals surface area (Å²) in [5.74, 6) is 0. The largest absolute Gasteiger partial charge is 0.390 e. The minimum absolute atomic E-state index is 0.536. The molecular weight excluding hydrogens is 206 g/mol. The van der Waals surface area contributed by atoms with Crippen molar-refractivity contribution < 1.29 is 5.11 Å². The summed E-state index contributed by atoms with van der Waals surface area (Å²) < 4.78 is 0. The molecule has 0 saturated carbocycles. The third-order valence-electron chi connectivity index (χ3n) is 2.58. The Labute approximate surface area is 96.3 Å². The highest BCUT2D eigenvalue weighted by Gasteiger charge is 2.19. The predicted octanol–water partition coefficient (Wildman–Crippen LogP) is 2.43. The van der Waals surface area contributed by atoms with Gasteiger partial charge in [-0.25, -0.2) is 0 Å². The summed E-state index contributed by atoms with van der Waals surface area (Å²) in [5.41, 5.74) is -0.536. The third-order valence-corrected chi connectivity index (χ3v) is 3.52. The van der Waals surface area contributed by atoms with Crippen molar-refractivity contribution in [2.75, 3.05) is 13.1 Å². The highest BCUT2D eigenvalue weighted by molar-refractivity contribution is 7.09. The molecule has 1 heterocycles.